The first-order chi connectivity index (χ1) is 8.75. The Morgan fingerprint density at radius 1 is 1.00 bits per heavy atom. The lowest BCUT2D eigenvalue weighted by Crippen LogP contribution is -1.85. The minimum Gasteiger partial charge on any atom is -0.256 e. The van der Waals surface area contributed by atoms with Crippen molar-refractivity contribution in [3.8, 4) is 11.1 Å². The predicted octanol–water partition coefficient (Wildman–Crippen LogP) is 5.32. The van der Waals surface area contributed by atoms with Crippen LogP contribution in [0.4, 0.5) is 0 Å². The highest BCUT2D eigenvalue weighted by atomic mass is 79.9. The average Bonchev–Trinajstić information content (AvgIpc) is 2.38. The fraction of sp³-hybridized carbons (Fsp3) is 0. The summed E-state index contributed by atoms with van der Waals surface area (Å²) in [6.45, 7) is 0. The zero-order valence-electron chi connectivity index (χ0n) is 9.40. The van der Waals surface area contributed by atoms with Crippen molar-refractivity contribution >= 4 is 38.4 Å². The summed E-state index contributed by atoms with van der Waals surface area (Å²) in [4.78, 5) is 4.46. The zero-order chi connectivity index (χ0) is 12.5. The van der Waals surface area contributed by atoms with Gasteiger partial charge in [0.15, 0.2) is 0 Å². The van der Waals surface area contributed by atoms with Crippen LogP contribution in [0.2, 0.25) is 5.02 Å². The van der Waals surface area contributed by atoms with Crippen LogP contribution in [0.1, 0.15) is 0 Å². The average molecular weight is 319 g/mol. The van der Waals surface area contributed by atoms with E-state index in [9.17, 15) is 0 Å². The van der Waals surface area contributed by atoms with Crippen LogP contribution in [0.5, 0.6) is 0 Å². The quantitative estimate of drug-likeness (QED) is 0.592. The molecule has 0 fully saturated rings. The van der Waals surface area contributed by atoms with Gasteiger partial charge in [-0.25, -0.2) is 0 Å². The Labute approximate surface area is 119 Å². The molecule has 0 spiro atoms. The van der Waals surface area contributed by atoms with Gasteiger partial charge in [0.2, 0.25) is 0 Å². The van der Waals surface area contributed by atoms with Crippen molar-refractivity contribution in [2.75, 3.05) is 0 Å². The minimum atomic E-state index is 0.724. The molecule has 3 heteroatoms. The molecule has 1 nitrogen and oxygen atoms in total. The van der Waals surface area contributed by atoms with E-state index in [0.29, 0.717) is 0 Å². The van der Waals surface area contributed by atoms with E-state index in [1.54, 1.807) is 0 Å². The van der Waals surface area contributed by atoms with Crippen LogP contribution in [0, 0.1) is 0 Å². The van der Waals surface area contributed by atoms with Gasteiger partial charge in [-0.3, -0.25) is 4.98 Å². The second kappa shape index (κ2) is 4.71. The number of nitrogens with zero attached hydrogens (tertiary/aromatic N) is 1. The lowest BCUT2D eigenvalue weighted by atomic mass is 10.1. The summed E-state index contributed by atoms with van der Waals surface area (Å²) in [5.41, 5.74) is 2.99. The van der Waals surface area contributed by atoms with Gasteiger partial charge in [-0.15, -0.1) is 0 Å². The van der Waals surface area contributed by atoms with Gasteiger partial charge in [-0.05, 0) is 24.3 Å². The summed E-state index contributed by atoms with van der Waals surface area (Å²) in [7, 11) is 0. The molecule has 0 amide bonds. The highest BCUT2D eigenvalue weighted by molar-refractivity contribution is 9.10. The smallest absolute Gasteiger partial charge is 0.0702 e. The molecule has 1 heterocycles. The third-order valence-corrected chi connectivity index (χ3v) is 3.82. The number of benzene rings is 2. The van der Waals surface area contributed by atoms with Gasteiger partial charge < -0.3 is 0 Å². The standard InChI is InChI=1S/C15H9BrClN/c16-12-5-3-6-13(17)15(12)11-8-10-4-1-2-7-14(10)18-9-11/h1-9H. The van der Waals surface area contributed by atoms with Crippen molar-refractivity contribution in [2.45, 2.75) is 0 Å². The molecule has 0 radical (unpaired) electrons. The number of pyridine rings is 1. The Balaban J connectivity index is 2.26. The third kappa shape index (κ3) is 2.02. The third-order valence-electron chi connectivity index (χ3n) is 2.84. The molecule has 1 aromatic heterocycles. The summed E-state index contributed by atoms with van der Waals surface area (Å²) in [5.74, 6) is 0. The maximum atomic E-state index is 6.26. The van der Waals surface area contributed by atoms with E-state index in [1.807, 2.05) is 42.6 Å². The second-order valence-corrected chi connectivity index (χ2v) is 5.27. The molecule has 18 heavy (non-hydrogen) atoms. The molecule has 0 bridgehead atoms. The van der Waals surface area contributed by atoms with Crippen molar-refractivity contribution in [1.29, 1.82) is 0 Å². The number of fused-ring (bicyclic) bond motifs is 1. The van der Waals surface area contributed by atoms with E-state index < -0.39 is 0 Å². The summed E-state index contributed by atoms with van der Waals surface area (Å²) in [5, 5.41) is 1.84. The normalized spacial score (nSPS) is 10.8. The Bertz CT molecular complexity index is 704. The Hall–Kier alpha value is -1.38. The van der Waals surface area contributed by atoms with Gasteiger partial charge in [0.25, 0.3) is 0 Å². The lowest BCUT2D eigenvalue weighted by molar-refractivity contribution is 1.40. The van der Waals surface area contributed by atoms with Crippen LogP contribution in [-0.4, -0.2) is 4.98 Å². The molecule has 0 unspecified atom stereocenters. The predicted molar refractivity (Wildman–Crippen MR) is 79.9 cm³/mol. The Morgan fingerprint density at radius 2 is 1.83 bits per heavy atom. The molecule has 0 aliphatic carbocycles. The van der Waals surface area contributed by atoms with Gasteiger partial charge in [-0.1, -0.05) is 51.8 Å². The van der Waals surface area contributed by atoms with Crippen molar-refractivity contribution < 1.29 is 0 Å². The molecule has 3 rings (SSSR count). The van der Waals surface area contributed by atoms with Gasteiger partial charge >= 0.3 is 0 Å². The van der Waals surface area contributed by atoms with Crippen LogP contribution in [0.15, 0.2) is 59.2 Å². The maximum absolute atomic E-state index is 6.26. The number of aromatic nitrogens is 1. The van der Waals surface area contributed by atoms with E-state index >= 15 is 0 Å². The number of hydrogen-bond acceptors (Lipinski definition) is 1. The molecule has 3 aromatic rings. The van der Waals surface area contributed by atoms with Crippen molar-refractivity contribution in [3.05, 3.63) is 64.2 Å². The largest absolute Gasteiger partial charge is 0.256 e. The van der Waals surface area contributed by atoms with Crippen molar-refractivity contribution in [1.82, 2.24) is 4.98 Å². The van der Waals surface area contributed by atoms with Gasteiger partial charge in [-0.2, -0.15) is 0 Å². The van der Waals surface area contributed by atoms with E-state index in [-0.39, 0.29) is 0 Å². The van der Waals surface area contributed by atoms with Crippen LogP contribution >= 0.6 is 27.5 Å². The second-order valence-electron chi connectivity index (χ2n) is 4.01. The fourth-order valence-electron chi connectivity index (χ4n) is 1.98. The first-order valence-electron chi connectivity index (χ1n) is 5.55. The molecule has 0 aliphatic heterocycles. The van der Waals surface area contributed by atoms with Crippen molar-refractivity contribution in [2.24, 2.45) is 0 Å². The maximum Gasteiger partial charge on any atom is 0.0702 e. The number of para-hydroxylation sites is 1. The molecular formula is C15H9BrClN. The first kappa shape index (κ1) is 11.7. The highest BCUT2D eigenvalue weighted by Gasteiger charge is 2.08. The van der Waals surface area contributed by atoms with Crippen LogP contribution < -0.4 is 0 Å². The summed E-state index contributed by atoms with van der Waals surface area (Å²) < 4.78 is 0.979. The van der Waals surface area contributed by atoms with Crippen LogP contribution in [0.3, 0.4) is 0 Å². The lowest BCUT2D eigenvalue weighted by Gasteiger charge is -2.08. The monoisotopic (exact) mass is 317 g/mol. The number of halogens is 2. The fourth-order valence-corrected chi connectivity index (χ4v) is 2.97. The van der Waals surface area contributed by atoms with Gasteiger partial charge in [0, 0.05) is 32.2 Å². The van der Waals surface area contributed by atoms with E-state index in [2.05, 4.69) is 33.0 Å². The number of rotatable bonds is 1. The minimum absolute atomic E-state index is 0.724. The van der Waals surface area contributed by atoms with E-state index in [4.69, 9.17) is 11.6 Å². The zero-order valence-corrected chi connectivity index (χ0v) is 11.7. The molecule has 2 aromatic carbocycles. The molecule has 0 N–H and O–H groups in total. The SMILES string of the molecule is Clc1cccc(Br)c1-c1cnc2ccccc2c1. The van der Waals surface area contributed by atoms with E-state index in [0.717, 1.165) is 31.5 Å². The van der Waals surface area contributed by atoms with Crippen LogP contribution in [-0.2, 0) is 0 Å². The molecule has 0 aliphatic rings. The summed E-state index contributed by atoms with van der Waals surface area (Å²) in [6, 6.07) is 15.9. The van der Waals surface area contributed by atoms with Gasteiger partial charge in [0.05, 0.1) is 5.52 Å². The Kier molecular flexibility index (Phi) is 3.06. The Morgan fingerprint density at radius 3 is 2.67 bits per heavy atom. The van der Waals surface area contributed by atoms with Crippen molar-refractivity contribution in [3.63, 3.8) is 0 Å². The molecule has 0 saturated heterocycles. The molecular weight excluding hydrogens is 310 g/mol. The van der Waals surface area contributed by atoms with Gasteiger partial charge in [0.1, 0.15) is 0 Å². The molecule has 0 atom stereocenters. The summed E-state index contributed by atoms with van der Waals surface area (Å²) in [6.07, 6.45) is 1.86. The molecule has 88 valence electrons. The van der Waals surface area contributed by atoms with E-state index in [1.165, 1.54) is 0 Å². The topological polar surface area (TPSA) is 12.9 Å². The number of hydrogen-bond donors (Lipinski definition) is 0. The first-order valence-corrected chi connectivity index (χ1v) is 6.72. The molecule has 0 saturated carbocycles. The van der Waals surface area contributed by atoms with Crippen LogP contribution in [0.25, 0.3) is 22.0 Å². The summed E-state index contributed by atoms with van der Waals surface area (Å²) >= 11 is 9.79. The highest BCUT2D eigenvalue weighted by Crippen LogP contribution is 2.35.